The van der Waals surface area contributed by atoms with Gasteiger partial charge in [-0.2, -0.15) is 0 Å². The Hall–Kier alpha value is -2.95. The second-order valence-corrected chi connectivity index (χ2v) is 7.31. The molecule has 2 atom stereocenters. The van der Waals surface area contributed by atoms with E-state index in [-0.39, 0.29) is 30.3 Å². The van der Waals surface area contributed by atoms with E-state index in [0.29, 0.717) is 18.3 Å². The summed E-state index contributed by atoms with van der Waals surface area (Å²) in [5.74, 6) is -0.511. The van der Waals surface area contributed by atoms with Crippen molar-refractivity contribution in [2.24, 2.45) is 0 Å². The number of aldehydes is 1. The van der Waals surface area contributed by atoms with Crippen LogP contribution in [0, 0.1) is 5.82 Å². The minimum absolute atomic E-state index is 0.00444. The van der Waals surface area contributed by atoms with Crippen LogP contribution in [-0.2, 0) is 11.3 Å². The highest BCUT2D eigenvalue weighted by molar-refractivity contribution is 5.87. The summed E-state index contributed by atoms with van der Waals surface area (Å²) in [5, 5.41) is 0. The number of benzene rings is 2. The van der Waals surface area contributed by atoms with Crippen molar-refractivity contribution in [1.82, 2.24) is 4.90 Å². The number of hydrogen-bond donors (Lipinski definition) is 0. The summed E-state index contributed by atoms with van der Waals surface area (Å²) in [6, 6.07) is 14.2. The van der Waals surface area contributed by atoms with E-state index in [0.717, 1.165) is 30.4 Å². The van der Waals surface area contributed by atoms with Gasteiger partial charge in [-0.25, -0.2) is 9.18 Å². The number of amides is 1. The van der Waals surface area contributed by atoms with Gasteiger partial charge in [-0.1, -0.05) is 48.5 Å². The Kier molecular flexibility index (Phi) is 5.24. The third-order valence-corrected chi connectivity index (χ3v) is 5.57. The zero-order valence-corrected chi connectivity index (χ0v) is 15.5. The highest BCUT2D eigenvalue weighted by atomic mass is 19.1. The molecule has 5 heteroatoms. The van der Waals surface area contributed by atoms with Gasteiger partial charge in [-0.15, -0.1) is 0 Å². The van der Waals surface area contributed by atoms with E-state index in [1.54, 1.807) is 12.1 Å². The lowest BCUT2D eigenvalue weighted by molar-refractivity contribution is 0.0510. The molecule has 0 spiro atoms. The maximum Gasteiger partial charge on any atom is 0.410 e. The van der Waals surface area contributed by atoms with E-state index >= 15 is 0 Å². The number of rotatable bonds is 4. The van der Waals surface area contributed by atoms with Crippen LogP contribution in [0.4, 0.5) is 9.18 Å². The van der Waals surface area contributed by atoms with Crippen molar-refractivity contribution in [1.29, 1.82) is 0 Å². The van der Waals surface area contributed by atoms with E-state index in [9.17, 15) is 14.0 Å². The summed E-state index contributed by atoms with van der Waals surface area (Å²) in [5.41, 5.74) is 2.60. The van der Waals surface area contributed by atoms with Crippen LogP contribution >= 0.6 is 0 Å². The van der Waals surface area contributed by atoms with Crippen LogP contribution in [0.5, 0.6) is 0 Å². The largest absolute Gasteiger partial charge is 0.445 e. The molecule has 4 rings (SSSR count). The number of hydrogen-bond acceptors (Lipinski definition) is 3. The molecule has 0 N–H and O–H groups in total. The number of fused-ring (bicyclic) bond motifs is 2. The monoisotopic (exact) mass is 379 g/mol. The molecule has 0 aromatic heterocycles. The molecule has 4 nitrogen and oxygen atoms in total. The second kappa shape index (κ2) is 7.97. The summed E-state index contributed by atoms with van der Waals surface area (Å²) >= 11 is 0. The molecule has 1 saturated heterocycles. The van der Waals surface area contributed by atoms with Crippen molar-refractivity contribution in [2.75, 3.05) is 0 Å². The van der Waals surface area contributed by atoms with Crippen LogP contribution in [0.3, 0.4) is 0 Å². The average Bonchev–Trinajstić information content (AvgIpc) is 2.71. The standard InChI is InChI=1S/C23H22FNO3/c24-22-11-5-10-20(21(22)14-26)17-12-18-8-4-9-19(13-17)25(18)23(27)28-15-16-6-2-1-3-7-16/h1-3,5-7,10-12,14,18-19H,4,8-9,13,15H2. The number of halogens is 1. The topological polar surface area (TPSA) is 46.6 Å². The molecule has 28 heavy (non-hydrogen) atoms. The highest BCUT2D eigenvalue weighted by Crippen LogP contribution is 2.38. The van der Waals surface area contributed by atoms with Crippen molar-refractivity contribution >= 4 is 18.0 Å². The second-order valence-electron chi connectivity index (χ2n) is 7.31. The average molecular weight is 379 g/mol. The van der Waals surface area contributed by atoms with Gasteiger partial charge in [0.2, 0.25) is 0 Å². The van der Waals surface area contributed by atoms with Crippen LogP contribution in [0.25, 0.3) is 5.57 Å². The molecule has 2 aliphatic rings. The number of carbonyl (C=O) groups is 2. The molecule has 2 aromatic carbocycles. The lowest BCUT2D eigenvalue weighted by Crippen LogP contribution is -2.51. The van der Waals surface area contributed by atoms with E-state index < -0.39 is 5.82 Å². The van der Waals surface area contributed by atoms with Crippen molar-refractivity contribution in [3.8, 4) is 0 Å². The van der Waals surface area contributed by atoms with E-state index in [4.69, 9.17) is 4.74 Å². The number of nitrogens with zero attached hydrogens (tertiary/aromatic N) is 1. The Balaban J connectivity index is 1.55. The minimum Gasteiger partial charge on any atom is -0.445 e. The molecule has 2 unspecified atom stereocenters. The molecular formula is C23H22FNO3. The molecule has 0 aliphatic carbocycles. The lowest BCUT2D eigenvalue weighted by atomic mass is 9.82. The minimum atomic E-state index is -0.511. The van der Waals surface area contributed by atoms with Gasteiger partial charge in [-0.3, -0.25) is 9.69 Å². The fourth-order valence-corrected chi connectivity index (χ4v) is 4.24. The van der Waals surface area contributed by atoms with Gasteiger partial charge in [0, 0.05) is 6.04 Å². The quantitative estimate of drug-likeness (QED) is 0.704. The molecule has 144 valence electrons. The molecule has 0 saturated carbocycles. The van der Waals surface area contributed by atoms with Gasteiger partial charge in [0.15, 0.2) is 6.29 Å². The third-order valence-electron chi connectivity index (χ3n) is 5.57. The molecule has 2 aliphatic heterocycles. The zero-order chi connectivity index (χ0) is 19.5. The Bertz CT molecular complexity index is 909. The van der Waals surface area contributed by atoms with Crippen molar-refractivity contribution in [2.45, 2.75) is 44.4 Å². The van der Waals surface area contributed by atoms with Gasteiger partial charge in [-0.05, 0) is 48.4 Å². The normalized spacial score (nSPS) is 21.0. The Morgan fingerprint density at radius 2 is 1.96 bits per heavy atom. The van der Waals surface area contributed by atoms with Crippen LogP contribution in [0.2, 0.25) is 0 Å². The predicted octanol–water partition coefficient (Wildman–Crippen LogP) is 4.99. The van der Waals surface area contributed by atoms with Gasteiger partial charge < -0.3 is 4.74 Å². The fraction of sp³-hybridized carbons (Fsp3) is 0.304. The van der Waals surface area contributed by atoms with Crippen LogP contribution < -0.4 is 0 Å². The molecule has 1 amide bonds. The first-order chi connectivity index (χ1) is 13.7. The van der Waals surface area contributed by atoms with Crippen LogP contribution in [-0.4, -0.2) is 29.4 Å². The Morgan fingerprint density at radius 1 is 1.14 bits per heavy atom. The lowest BCUT2D eigenvalue weighted by Gasteiger charge is -2.44. The summed E-state index contributed by atoms with van der Waals surface area (Å²) in [6.45, 7) is 0.241. The van der Waals surface area contributed by atoms with Gasteiger partial charge >= 0.3 is 6.09 Å². The molecule has 2 bridgehead atoms. The molecule has 2 heterocycles. The van der Waals surface area contributed by atoms with Crippen LogP contribution in [0.15, 0.2) is 54.6 Å². The maximum atomic E-state index is 14.0. The first-order valence-electron chi connectivity index (χ1n) is 9.61. The van der Waals surface area contributed by atoms with Crippen molar-refractivity contribution < 1.29 is 18.7 Å². The SMILES string of the molecule is O=Cc1c(F)cccc1C1=CC2CCCC(C1)N2C(=O)OCc1ccccc1. The first kappa shape index (κ1) is 18.4. The van der Waals surface area contributed by atoms with Crippen LogP contribution in [0.1, 0.15) is 47.2 Å². The number of ether oxygens (including phenoxy) is 1. The van der Waals surface area contributed by atoms with Gasteiger partial charge in [0.05, 0.1) is 11.6 Å². The maximum absolute atomic E-state index is 14.0. The van der Waals surface area contributed by atoms with Crippen molar-refractivity contribution in [3.63, 3.8) is 0 Å². The zero-order valence-electron chi connectivity index (χ0n) is 15.5. The summed E-state index contributed by atoms with van der Waals surface area (Å²) in [6.07, 6.45) is 5.60. The number of carbonyl (C=O) groups excluding carboxylic acids is 2. The van der Waals surface area contributed by atoms with E-state index in [1.165, 1.54) is 6.07 Å². The molecule has 1 fully saturated rings. The Morgan fingerprint density at radius 3 is 2.71 bits per heavy atom. The molecule has 0 radical (unpaired) electrons. The first-order valence-corrected chi connectivity index (χ1v) is 9.61. The highest BCUT2D eigenvalue weighted by Gasteiger charge is 2.38. The Labute approximate surface area is 163 Å². The van der Waals surface area contributed by atoms with E-state index in [1.807, 2.05) is 41.3 Å². The van der Waals surface area contributed by atoms with Gasteiger partial charge in [0.1, 0.15) is 12.4 Å². The molecular weight excluding hydrogens is 357 g/mol. The smallest absolute Gasteiger partial charge is 0.410 e. The van der Waals surface area contributed by atoms with E-state index in [2.05, 4.69) is 0 Å². The fourth-order valence-electron chi connectivity index (χ4n) is 4.24. The third kappa shape index (κ3) is 3.57. The predicted molar refractivity (Wildman–Crippen MR) is 104 cm³/mol. The summed E-state index contributed by atoms with van der Waals surface area (Å²) < 4.78 is 19.6. The van der Waals surface area contributed by atoms with Crippen molar-refractivity contribution in [3.05, 3.63) is 77.1 Å². The summed E-state index contributed by atoms with van der Waals surface area (Å²) in [7, 11) is 0. The van der Waals surface area contributed by atoms with Gasteiger partial charge in [0.25, 0.3) is 0 Å². The number of piperidine rings is 1. The summed E-state index contributed by atoms with van der Waals surface area (Å²) in [4.78, 5) is 26.0. The molecule has 2 aromatic rings.